The van der Waals surface area contributed by atoms with Crippen LogP contribution in [0, 0.1) is 0 Å². The van der Waals surface area contributed by atoms with Crippen LogP contribution in [-0.2, 0) is 9.59 Å². The number of benzene rings is 3. The maximum absolute atomic E-state index is 12.3. The van der Waals surface area contributed by atoms with E-state index in [0.29, 0.717) is 17.2 Å². The third-order valence-electron chi connectivity index (χ3n) is 4.51. The number of fused-ring (bicyclic) bond motifs is 2. The van der Waals surface area contributed by atoms with Gasteiger partial charge < -0.3 is 14.2 Å². The summed E-state index contributed by atoms with van der Waals surface area (Å²) in [5, 5.41) is 2.10. The molecule has 0 fully saturated rings. The normalized spacial score (nSPS) is 16.0. The van der Waals surface area contributed by atoms with Crippen LogP contribution >= 0.6 is 0 Å². The Balaban J connectivity index is 1.30. The molecule has 7 nitrogen and oxygen atoms in total. The average molecular weight is 392 g/mol. The molecule has 2 N–H and O–H groups in total. The molecule has 148 valence electrons. The summed E-state index contributed by atoms with van der Waals surface area (Å²) in [6, 6.07) is 20.5. The zero-order valence-corrected chi connectivity index (χ0v) is 15.8. The Morgan fingerprint density at radius 2 is 1.69 bits per heavy atom. The number of hydrogen-bond donors (Lipinski definition) is 2. The number of nitrogens with one attached hydrogen (secondary N) is 2. The summed E-state index contributed by atoms with van der Waals surface area (Å²) >= 11 is 0. The summed E-state index contributed by atoms with van der Waals surface area (Å²) in [7, 11) is 0. The van der Waals surface area contributed by atoms with Gasteiger partial charge in [0.1, 0.15) is 12.4 Å². The lowest BCUT2D eigenvalue weighted by atomic mass is 10.1. The summed E-state index contributed by atoms with van der Waals surface area (Å²) in [6.07, 6.45) is -1.66. The minimum Gasteiger partial charge on any atom is -0.485 e. The van der Waals surface area contributed by atoms with Crippen LogP contribution in [-0.4, -0.2) is 30.6 Å². The SMILES string of the molecule is C[C@H](Oc1ccc2ccccc2c1)C(=O)NNC(=O)[C@@H]1COc2ccccc2O1. The molecule has 29 heavy (non-hydrogen) atoms. The molecule has 2 atom stereocenters. The van der Waals surface area contributed by atoms with Crippen molar-refractivity contribution in [3.05, 3.63) is 66.7 Å². The van der Waals surface area contributed by atoms with Crippen LogP contribution in [0.5, 0.6) is 17.2 Å². The van der Waals surface area contributed by atoms with Crippen molar-refractivity contribution in [3.63, 3.8) is 0 Å². The molecule has 0 saturated carbocycles. The Labute approximate surface area is 167 Å². The highest BCUT2D eigenvalue weighted by Gasteiger charge is 2.28. The van der Waals surface area contributed by atoms with Gasteiger partial charge in [0, 0.05) is 0 Å². The third-order valence-corrected chi connectivity index (χ3v) is 4.51. The molecule has 1 aliphatic heterocycles. The van der Waals surface area contributed by atoms with Crippen LogP contribution in [0.25, 0.3) is 10.8 Å². The Kier molecular flexibility index (Phi) is 5.20. The zero-order chi connectivity index (χ0) is 20.2. The highest BCUT2D eigenvalue weighted by molar-refractivity contribution is 5.87. The number of ether oxygens (including phenoxy) is 3. The summed E-state index contributed by atoms with van der Waals surface area (Å²) < 4.78 is 16.8. The van der Waals surface area contributed by atoms with Crippen molar-refractivity contribution >= 4 is 22.6 Å². The zero-order valence-electron chi connectivity index (χ0n) is 15.8. The molecule has 3 aromatic rings. The summed E-state index contributed by atoms with van der Waals surface area (Å²) in [4.78, 5) is 24.5. The lowest BCUT2D eigenvalue weighted by Crippen LogP contribution is -2.53. The van der Waals surface area contributed by atoms with Crippen molar-refractivity contribution in [2.24, 2.45) is 0 Å². The maximum atomic E-state index is 12.3. The van der Waals surface area contributed by atoms with Gasteiger partial charge in [-0.1, -0.05) is 42.5 Å². The van der Waals surface area contributed by atoms with Gasteiger partial charge >= 0.3 is 0 Å². The minimum absolute atomic E-state index is 0.0574. The maximum Gasteiger partial charge on any atom is 0.283 e. The molecule has 1 aliphatic rings. The first-order valence-electron chi connectivity index (χ1n) is 9.24. The largest absolute Gasteiger partial charge is 0.485 e. The highest BCUT2D eigenvalue weighted by Crippen LogP contribution is 2.30. The highest BCUT2D eigenvalue weighted by atomic mass is 16.6. The van der Waals surface area contributed by atoms with Gasteiger partial charge in [-0.05, 0) is 42.0 Å². The number of hydrazine groups is 1. The van der Waals surface area contributed by atoms with Crippen LogP contribution in [0.4, 0.5) is 0 Å². The molecular weight excluding hydrogens is 372 g/mol. The Morgan fingerprint density at radius 1 is 0.966 bits per heavy atom. The number of hydrogen-bond acceptors (Lipinski definition) is 5. The quantitative estimate of drug-likeness (QED) is 0.667. The van der Waals surface area contributed by atoms with Gasteiger partial charge in [-0.15, -0.1) is 0 Å². The van der Waals surface area contributed by atoms with Gasteiger partial charge in [-0.3, -0.25) is 20.4 Å². The van der Waals surface area contributed by atoms with Crippen LogP contribution < -0.4 is 25.1 Å². The Morgan fingerprint density at radius 3 is 2.52 bits per heavy atom. The van der Waals surface area contributed by atoms with Crippen LogP contribution in [0.3, 0.4) is 0 Å². The van der Waals surface area contributed by atoms with Gasteiger partial charge in [0.25, 0.3) is 11.8 Å². The summed E-state index contributed by atoms with van der Waals surface area (Å²) in [5.41, 5.74) is 4.72. The van der Waals surface area contributed by atoms with Gasteiger partial charge in [0.15, 0.2) is 17.6 Å². The summed E-state index contributed by atoms with van der Waals surface area (Å²) in [5.74, 6) is 0.643. The predicted octanol–water partition coefficient (Wildman–Crippen LogP) is 2.59. The van der Waals surface area contributed by atoms with Crippen molar-refractivity contribution in [3.8, 4) is 17.2 Å². The van der Waals surface area contributed by atoms with Crippen molar-refractivity contribution in [2.75, 3.05) is 6.61 Å². The lowest BCUT2D eigenvalue weighted by Gasteiger charge is -2.25. The smallest absolute Gasteiger partial charge is 0.283 e. The molecule has 0 aromatic heterocycles. The molecule has 0 radical (unpaired) electrons. The average Bonchev–Trinajstić information content (AvgIpc) is 2.76. The van der Waals surface area contributed by atoms with Crippen LogP contribution in [0.15, 0.2) is 66.7 Å². The van der Waals surface area contributed by atoms with E-state index in [2.05, 4.69) is 10.9 Å². The lowest BCUT2D eigenvalue weighted by molar-refractivity contribution is -0.137. The molecule has 0 saturated heterocycles. The second-order valence-electron chi connectivity index (χ2n) is 6.61. The van der Waals surface area contributed by atoms with Crippen molar-refractivity contribution in [1.82, 2.24) is 10.9 Å². The fourth-order valence-electron chi connectivity index (χ4n) is 2.95. The molecule has 0 aliphatic carbocycles. The molecule has 0 bridgehead atoms. The van der Waals surface area contributed by atoms with E-state index in [9.17, 15) is 9.59 Å². The van der Waals surface area contributed by atoms with E-state index in [0.717, 1.165) is 10.8 Å². The van der Waals surface area contributed by atoms with E-state index in [4.69, 9.17) is 14.2 Å². The number of carbonyl (C=O) groups is 2. The van der Waals surface area contributed by atoms with Crippen LogP contribution in [0.1, 0.15) is 6.92 Å². The number of carbonyl (C=O) groups excluding carboxylic acids is 2. The van der Waals surface area contributed by atoms with Gasteiger partial charge in [-0.25, -0.2) is 0 Å². The fraction of sp³-hybridized carbons (Fsp3) is 0.182. The van der Waals surface area contributed by atoms with Crippen LogP contribution in [0.2, 0.25) is 0 Å². The Hall–Kier alpha value is -3.74. The van der Waals surface area contributed by atoms with Gasteiger partial charge in [0.2, 0.25) is 6.10 Å². The topological polar surface area (TPSA) is 85.9 Å². The molecule has 3 aromatic carbocycles. The fourth-order valence-corrected chi connectivity index (χ4v) is 2.95. The van der Waals surface area contributed by atoms with E-state index in [1.54, 1.807) is 31.2 Å². The predicted molar refractivity (Wildman–Crippen MR) is 107 cm³/mol. The van der Waals surface area contributed by atoms with Crippen molar-refractivity contribution < 1.29 is 23.8 Å². The first kappa shape index (κ1) is 18.6. The van der Waals surface area contributed by atoms with Gasteiger partial charge in [0.05, 0.1) is 0 Å². The number of rotatable bonds is 4. The second kappa shape index (κ2) is 8.10. The van der Waals surface area contributed by atoms with E-state index >= 15 is 0 Å². The molecule has 2 amide bonds. The first-order valence-corrected chi connectivity index (χ1v) is 9.24. The number of amides is 2. The van der Waals surface area contributed by atoms with E-state index in [1.807, 2.05) is 42.5 Å². The molecule has 0 unspecified atom stereocenters. The van der Waals surface area contributed by atoms with Crippen molar-refractivity contribution in [2.45, 2.75) is 19.1 Å². The summed E-state index contributed by atoms with van der Waals surface area (Å²) in [6.45, 7) is 1.66. The second-order valence-corrected chi connectivity index (χ2v) is 6.61. The Bertz CT molecular complexity index is 1050. The van der Waals surface area contributed by atoms with E-state index in [1.165, 1.54) is 0 Å². The van der Waals surface area contributed by atoms with E-state index < -0.39 is 24.0 Å². The molecule has 7 heteroatoms. The molecule has 1 heterocycles. The molecule has 0 spiro atoms. The van der Waals surface area contributed by atoms with Gasteiger partial charge in [-0.2, -0.15) is 0 Å². The third kappa shape index (κ3) is 4.24. The molecular formula is C22H20N2O5. The van der Waals surface area contributed by atoms with Crippen molar-refractivity contribution in [1.29, 1.82) is 0 Å². The number of para-hydroxylation sites is 2. The van der Waals surface area contributed by atoms with E-state index in [-0.39, 0.29) is 6.61 Å². The standard InChI is InChI=1S/C22H20N2O5/c1-14(28-17-11-10-15-6-2-3-7-16(15)12-17)21(25)23-24-22(26)20-13-27-18-8-4-5-9-19(18)29-20/h2-12,14,20H,13H2,1H3,(H,23,25)(H,24,26)/t14-,20-/m0/s1. The molecule has 4 rings (SSSR count). The monoisotopic (exact) mass is 392 g/mol. The minimum atomic E-state index is -0.859. The first-order chi connectivity index (χ1) is 14.1.